The highest BCUT2D eigenvalue weighted by atomic mass is 19.1. The molecule has 0 unspecified atom stereocenters. The molecule has 1 nitrogen and oxygen atoms in total. The largest absolute Gasteiger partial charge is 0.478 e. The smallest absolute Gasteiger partial charge is 0.168 e. The average molecular weight is 182 g/mol. The van der Waals surface area contributed by atoms with Crippen molar-refractivity contribution in [1.29, 1.82) is 0 Å². The van der Waals surface area contributed by atoms with Crippen LogP contribution in [0.3, 0.4) is 0 Å². The zero-order valence-corrected chi connectivity index (χ0v) is 7.10. The highest BCUT2D eigenvalue weighted by Crippen LogP contribution is 2.16. The van der Waals surface area contributed by atoms with E-state index in [4.69, 9.17) is 4.74 Å². The first-order valence-corrected chi connectivity index (χ1v) is 3.71. The molecule has 0 aromatic heterocycles. The van der Waals surface area contributed by atoms with Gasteiger partial charge in [0.05, 0.1) is 0 Å². The van der Waals surface area contributed by atoms with E-state index in [-0.39, 0.29) is 12.4 Å². The summed E-state index contributed by atoms with van der Waals surface area (Å²) in [6, 6.07) is 3.15. The molecular weight excluding hydrogens is 174 g/mol. The van der Waals surface area contributed by atoms with Crippen molar-refractivity contribution >= 4 is 0 Å². The van der Waals surface area contributed by atoms with E-state index in [1.165, 1.54) is 6.07 Å². The van der Waals surface area contributed by atoms with Gasteiger partial charge >= 0.3 is 0 Å². The summed E-state index contributed by atoms with van der Waals surface area (Å²) in [6.07, 6.45) is 0. The van der Waals surface area contributed by atoms with Crippen LogP contribution in [-0.4, -0.2) is 6.61 Å². The van der Waals surface area contributed by atoms with Gasteiger partial charge in [0.2, 0.25) is 0 Å². The van der Waals surface area contributed by atoms with Crippen molar-refractivity contribution in [2.75, 3.05) is 6.61 Å². The third-order valence-corrected chi connectivity index (χ3v) is 1.37. The molecule has 0 N–H and O–H groups in total. The number of rotatable bonds is 2. The first-order chi connectivity index (χ1) is 6.24. The van der Waals surface area contributed by atoms with Crippen LogP contribution in [0.2, 0.25) is 0 Å². The van der Waals surface area contributed by atoms with Gasteiger partial charge in [-0.2, -0.15) is 0 Å². The molecule has 0 heterocycles. The van der Waals surface area contributed by atoms with E-state index in [1.807, 2.05) is 0 Å². The van der Waals surface area contributed by atoms with Crippen molar-refractivity contribution in [3.63, 3.8) is 0 Å². The van der Waals surface area contributed by atoms with Crippen LogP contribution in [0.5, 0.6) is 5.75 Å². The first-order valence-electron chi connectivity index (χ1n) is 3.71. The van der Waals surface area contributed by atoms with E-state index in [9.17, 15) is 8.78 Å². The lowest BCUT2D eigenvalue weighted by atomic mass is 10.3. The van der Waals surface area contributed by atoms with Crippen LogP contribution >= 0.6 is 0 Å². The molecule has 1 aromatic carbocycles. The Kier molecular flexibility index (Phi) is 3.27. The fourth-order valence-corrected chi connectivity index (χ4v) is 0.778. The summed E-state index contributed by atoms with van der Waals surface area (Å²) >= 11 is 0. The molecule has 0 bridgehead atoms. The van der Waals surface area contributed by atoms with E-state index in [2.05, 4.69) is 11.8 Å². The molecule has 0 amide bonds. The Bertz CT molecular complexity index is 350. The molecule has 0 aliphatic rings. The fourth-order valence-electron chi connectivity index (χ4n) is 0.778. The van der Waals surface area contributed by atoms with Crippen LogP contribution in [0, 0.1) is 23.5 Å². The molecule has 0 aliphatic heterocycles. The second kappa shape index (κ2) is 4.46. The molecule has 13 heavy (non-hydrogen) atoms. The molecule has 68 valence electrons. The highest BCUT2D eigenvalue weighted by molar-refractivity contribution is 5.25. The third-order valence-electron chi connectivity index (χ3n) is 1.37. The van der Waals surface area contributed by atoms with Gasteiger partial charge in [-0.3, -0.25) is 0 Å². The van der Waals surface area contributed by atoms with Gasteiger partial charge in [-0.25, -0.2) is 8.78 Å². The maximum Gasteiger partial charge on any atom is 0.168 e. The van der Waals surface area contributed by atoms with Crippen LogP contribution in [0.25, 0.3) is 0 Å². The van der Waals surface area contributed by atoms with Gasteiger partial charge in [0.25, 0.3) is 0 Å². The van der Waals surface area contributed by atoms with Crippen molar-refractivity contribution in [3.05, 3.63) is 29.8 Å². The van der Waals surface area contributed by atoms with Gasteiger partial charge in [-0.1, -0.05) is 5.92 Å². The number of hydrogen-bond donors (Lipinski definition) is 0. The Balaban J connectivity index is 2.70. The minimum Gasteiger partial charge on any atom is -0.478 e. The van der Waals surface area contributed by atoms with Crippen LogP contribution in [-0.2, 0) is 0 Å². The predicted molar refractivity (Wildman–Crippen MR) is 45.3 cm³/mol. The first kappa shape index (κ1) is 9.53. The lowest BCUT2D eigenvalue weighted by Gasteiger charge is -2.02. The molecule has 0 aliphatic carbocycles. The van der Waals surface area contributed by atoms with Gasteiger partial charge < -0.3 is 4.74 Å². The fraction of sp³-hybridized carbons (Fsp3) is 0.200. The summed E-state index contributed by atoms with van der Waals surface area (Å²) in [6.45, 7) is 1.77. The standard InChI is InChI=1S/C10H8F2O/c1-2-3-6-13-10-5-4-8(11)7-9(10)12/h4-5,7H,6H2,1H3. The Hall–Kier alpha value is -1.56. The molecular formula is C10H8F2O. The summed E-state index contributed by atoms with van der Waals surface area (Å²) in [5.41, 5.74) is 0. The molecule has 0 atom stereocenters. The highest BCUT2D eigenvalue weighted by Gasteiger charge is 2.02. The second-order valence-corrected chi connectivity index (χ2v) is 2.29. The molecule has 0 spiro atoms. The maximum absolute atomic E-state index is 12.9. The van der Waals surface area contributed by atoms with Crippen molar-refractivity contribution in [3.8, 4) is 17.6 Å². The topological polar surface area (TPSA) is 9.23 Å². The van der Waals surface area contributed by atoms with E-state index in [0.717, 1.165) is 12.1 Å². The third kappa shape index (κ3) is 2.75. The molecule has 3 heteroatoms. The molecule has 0 saturated carbocycles. The van der Waals surface area contributed by atoms with Gasteiger partial charge in [0, 0.05) is 6.07 Å². The second-order valence-electron chi connectivity index (χ2n) is 2.29. The summed E-state index contributed by atoms with van der Waals surface area (Å²) < 4.78 is 30.2. The van der Waals surface area contributed by atoms with Crippen molar-refractivity contribution in [2.24, 2.45) is 0 Å². The Morgan fingerprint density at radius 3 is 2.77 bits per heavy atom. The number of ether oxygens (including phenoxy) is 1. The Labute approximate surface area is 75.3 Å². The van der Waals surface area contributed by atoms with Crippen molar-refractivity contribution in [1.82, 2.24) is 0 Å². The number of halogens is 2. The van der Waals surface area contributed by atoms with E-state index >= 15 is 0 Å². The van der Waals surface area contributed by atoms with Gasteiger partial charge in [-0.15, -0.1) is 5.92 Å². The van der Waals surface area contributed by atoms with E-state index in [1.54, 1.807) is 6.92 Å². The maximum atomic E-state index is 12.9. The van der Waals surface area contributed by atoms with E-state index in [0.29, 0.717) is 0 Å². The van der Waals surface area contributed by atoms with Gasteiger partial charge in [-0.05, 0) is 19.1 Å². The molecule has 0 radical (unpaired) electrons. The van der Waals surface area contributed by atoms with Crippen LogP contribution in [0.15, 0.2) is 18.2 Å². The SMILES string of the molecule is CC#CCOc1ccc(F)cc1F. The van der Waals surface area contributed by atoms with Crippen molar-refractivity contribution in [2.45, 2.75) is 6.92 Å². The lowest BCUT2D eigenvalue weighted by molar-refractivity contribution is 0.346. The van der Waals surface area contributed by atoms with Crippen LogP contribution in [0.1, 0.15) is 6.92 Å². The minimum absolute atomic E-state index is 0.0177. The van der Waals surface area contributed by atoms with Crippen molar-refractivity contribution < 1.29 is 13.5 Å². The van der Waals surface area contributed by atoms with Gasteiger partial charge in [0.15, 0.2) is 11.6 Å². The summed E-state index contributed by atoms with van der Waals surface area (Å²) in [5.74, 6) is 3.89. The normalized spacial score (nSPS) is 8.85. The zero-order chi connectivity index (χ0) is 9.68. The number of hydrogen-bond acceptors (Lipinski definition) is 1. The molecule has 1 rings (SSSR count). The van der Waals surface area contributed by atoms with Gasteiger partial charge in [0.1, 0.15) is 12.4 Å². The summed E-state index contributed by atoms with van der Waals surface area (Å²) in [7, 11) is 0. The zero-order valence-electron chi connectivity index (χ0n) is 7.10. The Morgan fingerprint density at radius 1 is 1.38 bits per heavy atom. The van der Waals surface area contributed by atoms with Crippen LogP contribution < -0.4 is 4.74 Å². The average Bonchev–Trinajstić information content (AvgIpc) is 2.09. The minimum atomic E-state index is -0.710. The summed E-state index contributed by atoms with van der Waals surface area (Å²) in [4.78, 5) is 0. The van der Waals surface area contributed by atoms with E-state index < -0.39 is 11.6 Å². The lowest BCUT2D eigenvalue weighted by Crippen LogP contribution is -1.96. The molecule has 0 fully saturated rings. The molecule has 1 aromatic rings. The quantitative estimate of drug-likeness (QED) is 0.638. The monoisotopic (exact) mass is 182 g/mol. The predicted octanol–water partition coefficient (Wildman–Crippen LogP) is 2.37. The molecule has 0 saturated heterocycles. The van der Waals surface area contributed by atoms with Crippen LogP contribution in [0.4, 0.5) is 8.78 Å². The summed E-state index contributed by atoms with van der Waals surface area (Å²) in [5, 5.41) is 0. The number of benzene rings is 1. The Morgan fingerprint density at radius 2 is 2.15 bits per heavy atom.